The van der Waals surface area contributed by atoms with Crippen molar-refractivity contribution in [2.45, 2.75) is 19.4 Å². The zero-order valence-corrected chi connectivity index (χ0v) is 7.84. The lowest BCUT2D eigenvalue weighted by Crippen LogP contribution is -2.37. The summed E-state index contributed by atoms with van der Waals surface area (Å²) >= 11 is 0. The Morgan fingerprint density at radius 1 is 1.77 bits per heavy atom. The Kier molecular flexibility index (Phi) is 3.59. The summed E-state index contributed by atoms with van der Waals surface area (Å²) in [6.07, 6.45) is 0.967. The van der Waals surface area contributed by atoms with Crippen LogP contribution in [0, 0.1) is 11.8 Å². The molecule has 4 heteroatoms. The fourth-order valence-electron chi connectivity index (χ4n) is 1.41. The van der Waals surface area contributed by atoms with E-state index in [4.69, 9.17) is 5.73 Å². The fourth-order valence-corrected chi connectivity index (χ4v) is 1.41. The van der Waals surface area contributed by atoms with Crippen molar-refractivity contribution < 1.29 is 4.79 Å². The van der Waals surface area contributed by atoms with Crippen molar-refractivity contribution in [3.63, 3.8) is 0 Å². The van der Waals surface area contributed by atoms with Crippen LogP contribution in [0.2, 0.25) is 0 Å². The number of nitrogens with two attached hydrogens (primary N) is 1. The zero-order valence-electron chi connectivity index (χ0n) is 7.84. The molecule has 0 aliphatic carbocycles. The van der Waals surface area contributed by atoms with Crippen LogP contribution in [0.4, 0.5) is 4.79 Å². The number of hydrogen-bond acceptors (Lipinski definition) is 2. The standard InChI is InChI=1S/C9H15N3O/c1-2-3-5-11-8-4-6-12(7-8)9(10)13/h8,11H,4-7H2,1H3,(H2,10,13). The number of primary amides is 1. The van der Waals surface area contributed by atoms with Crippen molar-refractivity contribution in [2.75, 3.05) is 19.6 Å². The van der Waals surface area contributed by atoms with Crippen LogP contribution in [-0.2, 0) is 0 Å². The van der Waals surface area contributed by atoms with Crippen molar-refractivity contribution in [1.29, 1.82) is 0 Å². The zero-order chi connectivity index (χ0) is 9.68. The van der Waals surface area contributed by atoms with Crippen molar-refractivity contribution in [3.05, 3.63) is 0 Å². The molecule has 1 unspecified atom stereocenters. The quantitative estimate of drug-likeness (QED) is 0.577. The summed E-state index contributed by atoms with van der Waals surface area (Å²) in [6.45, 7) is 3.97. The Bertz CT molecular complexity index is 241. The molecule has 1 heterocycles. The van der Waals surface area contributed by atoms with E-state index in [9.17, 15) is 4.79 Å². The van der Waals surface area contributed by atoms with Gasteiger partial charge in [0.1, 0.15) is 0 Å². The predicted molar refractivity (Wildman–Crippen MR) is 51.0 cm³/mol. The molecule has 0 aromatic rings. The fraction of sp³-hybridized carbons (Fsp3) is 0.667. The first-order valence-electron chi connectivity index (χ1n) is 4.41. The van der Waals surface area contributed by atoms with Gasteiger partial charge in [-0.25, -0.2) is 4.79 Å². The topological polar surface area (TPSA) is 58.4 Å². The van der Waals surface area contributed by atoms with Crippen molar-refractivity contribution >= 4 is 6.03 Å². The van der Waals surface area contributed by atoms with E-state index < -0.39 is 0 Å². The van der Waals surface area contributed by atoms with E-state index >= 15 is 0 Å². The molecule has 1 saturated heterocycles. The molecule has 1 atom stereocenters. The molecule has 1 aliphatic rings. The van der Waals surface area contributed by atoms with E-state index in [0.29, 0.717) is 19.1 Å². The van der Waals surface area contributed by atoms with Gasteiger partial charge in [-0.15, -0.1) is 5.92 Å². The second kappa shape index (κ2) is 4.73. The average molecular weight is 181 g/mol. The Morgan fingerprint density at radius 2 is 2.54 bits per heavy atom. The number of likely N-dealkylation sites (tertiary alicyclic amines) is 1. The molecular weight excluding hydrogens is 166 g/mol. The highest BCUT2D eigenvalue weighted by molar-refractivity contribution is 5.72. The molecule has 0 aromatic carbocycles. The third kappa shape index (κ3) is 2.96. The van der Waals surface area contributed by atoms with Crippen LogP contribution >= 0.6 is 0 Å². The summed E-state index contributed by atoms with van der Waals surface area (Å²) in [5, 5.41) is 3.24. The van der Waals surface area contributed by atoms with Gasteiger partial charge in [0.25, 0.3) is 0 Å². The number of urea groups is 1. The maximum Gasteiger partial charge on any atom is 0.314 e. The first-order chi connectivity index (χ1) is 6.24. The Hall–Kier alpha value is -1.21. The minimum atomic E-state index is -0.328. The second-order valence-electron chi connectivity index (χ2n) is 3.08. The van der Waals surface area contributed by atoms with Gasteiger partial charge in [-0.2, -0.15) is 0 Å². The minimum absolute atomic E-state index is 0.328. The van der Waals surface area contributed by atoms with Crippen LogP contribution < -0.4 is 11.1 Å². The summed E-state index contributed by atoms with van der Waals surface area (Å²) < 4.78 is 0. The first kappa shape index (κ1) is 9.87. The van der Waals surface area contributed by atoms with Crippen LogP contribution in [0.25, 0.3) is 0 Å². The molecule has 72 valence electrons. The van der Waals surface area contributed by atoms with E-state index in [0.717, 1.165) is 13.0 Å². The molecule has 1 aliphatic heterocycles. The summed E-state index contributed by atoms with van der Waals surface area (Å²) in [5.41, 5.74) is 5.15. The lowest BCUT2D eigenvalue weighted by molar-refractivity contribution is 0.217. The third-order valence-corrected chi connectivity index (χ3v) is 2.16. The van der Waals surface area contributed by atoms with Crippen molar-refractivity contribution in [3.8, 4) is 11.8 Å². The van der Waals surface area contributed by atoms with Crippen LogP contribution in [0.1, 0.15) is 13.3 Å². The van der Waals surface area contributed by atoms with E-state index in [1.54, 1.807) is 4.90 Å². The first-order valence-corrected chi connectivity index (χ1v) is 4.41. The number of carbonyl (C=O) groups excluding carboxylic acids is 1. The molecule has 3 N–H and O–H groups in total. The average Bonchev–Trinajstić information content (AvgIpc) is 2.53. The van der Waals surface area contributed by atoms with Gasteiger partial charge in [0, 0.05) is 19.1 Å². The highest BCUT2D eigenvalue weighted by Crippen LogP contribution is 2.07. The maximum atomic E-state index is 10.8. The molecule has 0 aromatic heterocycles. The molecule has 1 rings (SSSR count). The Labute approximate surface area is 78.5 Å². The van der Waals surface area contributed by atoms with Crippen LogP contribution in [-0.4, -0.2) is 36.6 Å². The summed E-state index contributed by atoms with van der Waals surface area (Å²) in [5.74, 6) is 5.73. The number of nitrogens with one attached hydrogen (secondary N) is 1. The van der Waals surface area contributed by atoms with Crippen LogP contribution in [0.3, 0.4) is 0 Å². The van der Waals surface area contributed by atoms with E-state index in [1.165, 1.54) is 0 Å². The summed E-state index contributed by atoms with van der Waals surface area (Å²) in [6, 6.07) is 0.0271. The molecule has 0 radical (unpaired) electrons. The third-order valence-electron chi connectivity index (χ3n) is 2.16. The molecular formula is C9H15N3O. The van der Waals surface area contributed by atoms with E-state index in [-0.39, 0.29) is 6.03 Å². The van der Waals surface area contributed by atoms with Gasteiger partial charge < -0.3 is 16.0 Å². The summed E-state index contributed by atoms with van der Waals surface area (Å²) in [4.78, 5) is 12.4. The molecule has 13 heavy (non-hydrogen) atoms. The molecule has 0 saturated carbocycles. The Morgan fingerprint density at radius 3 is 3.08 bits per heavy atom. The van der Waals surface area contributed by atoms with E-state index in [1.807, 2.05) is 6.92 Å². The molecule has 4 nitrogen and oxygen atoms in total. The highest BCUT2D eigenvalue weighted by atomic mass is 16.2. The number of carbonyl (C=O) groups is 1. The SMILES string of the molecule is CC#CCNC1CCN(C(N)=O)C1. The maximum absolute atomic E-state index is 10.8. The van der Waals surface area contributed by atoms with E-state index in [2.05, 4.69) is 17.2 Å². The predicted octanol–water partition coefficient (Wildman–Crippen LogP) is -0.248. The van der Waals surface area contributed by atoms with Crippen LogP contribution in [0.15, 0.2) is 0 Å². The normalized spacial score (nSPS) is 21.0. The lowest BCUT2D eigenvalue weighted by Gasteiger charge is -2.13. The number of amides is 2. The molecule has 1 fully saturated rings. The van der Waals surface area contributed by atoms with Crippen molar-refractivity contribution in [2.24, 2.45) is 5.73 Å². The van der Waals surface area contributed by atoms with Gasteiger partial charge in [0.05, 0.1) is 6.54 Å². The summed E-state index contributed by atoms with van der Waals surface area (Å²) in [7, 11) is 0. The van der Waals surface area contributed by atoms with Gasteiger partial charge in [0.2, 0.25) is 0 Å². The molecule has 0 bridgehead atoms. The van der Waals surface area contributed by atoms with Crippen molar-refractivity contribution in [1.82, 2.24) is 10.2 Å². The smallest absolute Gasteiger partial charge is 0.314 e. The van der Waals surface area contributed by atoms with Gasteiger partial charge in [-0.05, 0) is 13.3 Å². The largest absolute Gasteiger partial charge is 0.351 e. The number of nitrogens with zero attached hydrogens (tertiary/aromatic N) is 1. The number of hydrogen-bond donors (Lipinski definition) is 2. The highest BCUT2D eigenvalue weighted by Gasteiger charge is 2.23. The number of rotatable bonds is 2. The molecule has 0 spiro atoms. The van der Waals surface area contributed by atoms with Crippen LogP contribution in [0.5, 0.6) is 0 Å². The second-order valence-corrected chi connectivity index (χ2v) is 3.08. The molecule has 2 amide bonds. The van der Waals surface area contributed by atoms with Gasteiger partial charge in [-0.1, -0.05) is 5.92 Å². The Balaban J connectivity index is 2.23. The lowest BCUT2D eigenvalue weighted by atomic mass is 10.2. The monoisotopic (exact) mass is 181 g/mol. The van der Waals surface area contributed by atoms with Gasteiger partial charge in [-0.3, -0.25) is 0 Å². The minimum Gasteiger partial charge on any atom is -0.351 e. The van der Waals surface area contributed by atoms with Gasteiger partial charge in [0.15, 0.2) is 0 Å². The van der Waals surface area contributed by atoms with Gasteiger partial charge >= 0.3 is 6.03 Å².